The van der Waals surface area contributed by atoms with E-state index in [2.05, 4.69) is 4.98 Å². The lowest BCUT2D eigenvalue weighted by Gasteiger charge is -2.05. The molecule has 0 bridgehead atoms. The van der Waals surface area contributed by atoms with Crippen molar-refractivity contribution >= 4 is 5.97 Å². The van der Waals surface area contributed by atoms with Gasteiger partial charge in [0, 0.05) is 6.20 Å². The minimum Gasteiger partial charge on any atom is -0.481 e. The highest BCUT2D eigenvalue weighted by Crippen LogP contribution is 2.14. The van der Waals surface area contributed by atoms with Gasteiger partial charge in [-0.1, -0.05) is 0 Å². The van der Waals surface area contributed by atoms with Crippen LogP contribution >= 0.6 is 0 Å². The van der Waals surface area contributed by atoms with Crippen LogP contribution in [0.5, 0.6) is 0 Å². The first-order chi connectivity index (χ1) is 6.09. The van der Waals surface area contributed by atoms with Crippen molar-refractivity contribution in [1.29, 1.82) is 0 Å². The molecule has 0 aliphatic rings. The molecule has 0 aliphatic heterocycles. The van der Waals surface area contributed by atoms with Gasteiger partial charge < -0.3 is 10.2 Å². The van der Waals surface area contributed by atoms with Gasteiger partial charge in [0.2, 0.25) is 0 Å². The first-order valence-corrected chi connectivity index (χ1v) is 3.61. The number of aromatic nitrogens is 1. The van der Waals surface area contributed by atoms with Crippen LogP contribution in [0.1, 0.15) is 18.2 Å². The highest BCUT2D eigenvalue weighted by Gasteiger charge is 2.13. The molecule has 0 saturated heterocycles. The van der Waals surface area contributed by atoms with Crippen LogP contribution in [0.15, 0.2) is 18.3 Å². The molecule has 1 aromatic rings. The number of nitrogens with zero attached hydrogens (tertiary/aromatic N) is 1. The lowest BCUT2D eigenvalue weighted by atomic mass is 10.2. The number of rotatable bonds is 3. The lowest BCUT2D eigenvalue weighted by Crippen LogP contribution is -2.07. The second-order valence-corrected chi connectivity index (χ2v) is 2.51. The number of halogens is 1. The Morgan fingerprint density at radius 2 is 2.38 bits per heavy atom. The van der Waals surface area contributed by atoms with Crippen molar-refractivity contribution < 1.29 is 19.4 Å². The van der Waals surface area contributed by atoms with E-state index in [-0.39, 0.29) is 5.69 Å². The average Bonchev–Trinajstić information content (AvgIpc) is 2.03. The average molecular weight is 185 g/mol. The van der Waals surface area contributed by atoms with Gasteiger partial charge >= 0.3 is 5.97 Å². The van der Waals surface area contributed by atoms with Gasteiger partial charge in [-0.25, -0.2) is 4.39 Å². The number of carbonyl (C=O) groups is 1. The maximum Gasteiger partial charge on any atom is 0.306 e. The van der Waals surface area contributed by atoms with Crippen LogP contribution in [-0.4, -0.2) is 21.2 Å². The summed E-state index contributed by atoms with van der Waals surface area (Å²) in [5.41, 5.74) is 0.0300. The molecule has 0 aromatic carbocycles. The maximum atomic E-state index is 12.6. The van der Waals surface area contributed by atoms with Crippen LogP contribution in [0, 0.1) is 5.82 Å². The molecule has 0 fully saturated rings. The Kier molecular flexibility index (Phi) is 2.92. The van der Waals surface area contributed by atoms with Crippen molar-refractivity contribution in [2.24, 2.45) is 0 Å². The summed E-state index contributed by atoms with van der Waals surface area (Å²) in [4.78, 5) is 13.8. The summed E-state index contributed by atoms with van der Waals surface area (Å²) >= 11 is 0. The number of carboxylic acid groups (broad SMARTS) is 1. The number of aliphatic hydroxyl groups excluding tert-OH is 1. The molecule has 70 valence electrons. The Hall–Kier alpha value is -1.49. The zero-order valence-corrected chi connectivity index (χ0v) is 6.64. The Morgan fingerprint density at radius 3 is 2.92 bits per heavy atom. The van der Waals surface area contributed by atoms with E-state index in [1.165, 1.54) is 6.20 Å². The van der Waals surface area contributed by atoms with Gasteiger partial charge in [0.15, 0.2) is 0 Å². The molecule has 1 rings (SSSR count). The molecular formula is C8H8FNO3. The Balaban J connectivity index is 2.76. The fourth-order valence-electron chi connectivity index (χ4n) is 0.873. The summed E-state index contributed by atoms with van der Waals surface area (Å²) in [5, 5.41) is 17.5. The van der Waals surface area contributed by atoms with Crippen molar-refractivity contribution in [3.05, 3.63) is 29.8 Å². The molecule has 0 aliphatic carbocycles. The smallest absolute Gasteiger partial charge is 0.306 e. The van der Waals surface area contributed by atoms with E-state index < -0.39 is 24.3 Å². The molecule has 1 heterocycles. The van der Waals surface area contributed by atoms with E-state index in [9.17, 15) is 14.3 Å². The highest BCUT2D eigenvalue weighted by molar-refractivity contribution is 5.67. The Bertz CT molecular complexity index is 316. The minimum atomic E-state index is -1.26. The first kappa shape index (κ1) is 9.60. The molecule has 5 heteroatoms. The highest BCUT2D eigenvalue weighted by atomic mass is 19.1. The molecule has 4 nitrogen and oxygen atoms in total. The van der Waals surface area contributed by atoms with Crippen LogP contribution in [0.25, 0.3) is 0 Å². The van der Waals surface area contributed by atoms with Crippen molar-refractivity contribution in [1.82, 2.24) is 4.98 Å². The van der Waals surface area contributed by atoms with Gasteiger partial charge in [0.05, 0.1) is 12.1 Å². The predicted octanol–water partition coefficient (Wildman–Crippen LogP) is 0.729. The van der Waals surface area contributed by atoms with Crippen LogP contribution in [-0.2, 0) is 4.79 Å². The second kappa shape index (κ2) is 3.95. The number of hydrogen-bond acceptors (Lipinski definition) is 3. The van der Waals surface area contributed by atoms with Crippen LogP contribution in [0.4, 0.5) is 4.39 Å². The number of aliphatic hydroxyl groups is 1. The van der Waals surface area contributed by atoms with Crippen molar-refractivity contribution in [3.63, 3.8) is 0 Å². The van der Waals surface area contributed by atoms with E-state index in [0.29, 0.717) is 0 Å². The predicted molar refractivity (Wildman–Crippen MR) is 41.4 cm³/mol. The molecular weight excluding hydrogens is 177 g/mol. The van der Waals surface area contributed by atoms with Crippen molar-refractivity contribution in [3.8, 4) is 0 Å². The maximum absolute atomic E-state index is 12.6. The Morgan fingerprint density at radius 1 is 1.69 bits per heavy atom. The molecule has 1 aromatic heterocycles. The number of carboxylic acids is 1. The molecule has 0 radical (unpaired) electrons. The standard InChI is InChI=1S/C8H8FNO3/c9-5-1-2-10-6(3-5)7(11)4-8(12)13/h1-3,7,11H,4H2,(H,12,13)/t7-/m0/s1. The SMILES string of the molecule is O=C(O)C[C@H](O)c1cc(F)ccn1. The van der Waals surface area contributed by atoms with Crippen molar-refractivity contribution in [2.75, 3.05) is 0 Å². The monoisotopic (exact) mass is 185 g/mol. The third kappa shape index (κ3) is 2.79. The van der Waals surface area contributed by atoms with Crippen LogP contribution < -0.4 is 0 Å². The molecule has 0 amide bonds. The quantitative estimate of drug-likeness (QED) is 0.728. The molecule has 13 heavy (non-hydrogen) atoms. The number of pyridine rings is 1. The second-order valence-electron chi connectivity index (χ2n) is 2.51. The molecule has 0 spiro atoms. The summed E-state index contributed by atoms with van der Waals surface area (Å²) < 4.78 is 12.6. The van der Waals surface area contributed by atoms with Gasteiger partial charge in [0.1, 0.15) is 11.9 Å². The zero-order valence-electron chi connectivity index (χ0n) is 6.64. The zero-order chi connectivity index (χ0) is 9.84. The third-order valence-electron chi connectivity index (χ3n) is 1.45. The summed E-state index contributed by atoms with van der Waals surface area (Å²) in [5.74, 6) is -1.70. The summed E-state index contributed by atoms with van der Waals surface area (Å²) in [7, 11) is 0. The van der Waals surface area contributed by atoms with Crippen LogP contribution in [0.2, 0.25) is 0 Å². The molecule has 0 unspecified atom stereocenters. The molecule has 1 atom stereocenters. The van der Waals surface area contributed by atoms with E-state index in [0.717, 1.165) is 12.1 Å². The minimum absolute atomic E-state index is 0.0300. The van der Waals surface area contributed by atoms with Gasteiger partial charge in [0.25, 0.3) is 0 Å². The van der Waals surface area contributed by atoms with E-state index >= 15 is 0 Å². The summed E-state index contributed by atoms with van der Waals surface area (Å²) in [6.45, 7) is 0. The molecule has 2 N–H and O–H groups in total. The summed E-state index contributed by atoms with van der Waals surface area (Å²) in [6, 6.07) is 2.13. The topological polar surface area (TPSA) is 70.4 Å². The van der Waals surface area contributed by atoms with E-state index in [1.807, 2.05) is 0 Å². The van der Waals surface area contributed by atoms with E-state index in [4.69, 9.17) is 5.11 Å². The Labute approximate surface area is 73.7 Å². The van der Waals surface area contributed by atoms with Gasteiger partial charge in [-0.05, 0) is 12.1 Å². The third-order valence-corrected chi connectivity index (χ3v) is 1.45. The lowest BCUT2D eigenvalue weighted by molar-refractivity contribution is -0.139. The van der Waals surface area contributed by atoms with Crippen LogP contribution in [0.3, 0.4) is 0 Å². The normalized spacial score (nSPS) is 12.5. The fourth-order valence-corrected chi connectivity index (χ4v) is 0.873. The van der Waals surface area contributed by atoms with Gasteiger partial charge in [-0.2, -0.15) is 0 Å². The van der Waals surface area contributed by atoms with E-state index in [1.54, 1.807) is 0 Å². The largest absolute Gasteiger partial charge is 0.481 e. The summed E-state index contributed by atoms with van der Waals surface area (Å²) in [6.07, 6.45) is -0.556. The van der Waals surface area contributed by atoms with Crippen molar-refractivity contribution in [2.45, 2.75) is 12.5 Å². The van der Waals surface area contributed by atoms with Gasteiger partial charge in [-0.15, -0.1) is 0 Å². The fraction of sp³-hybridized carbons (Fsp3) is 0.250. The first-order valence-electron chi connectivity index (χ1n) is 3.61. The number of hydrogen-bond donors (Lipinski definition) is 2. The van der Waals surface area contributed by atoms with Gasteiger partial charge in [-0.3, -0.25) is 9.78 Å². The molecule has 0 saturated carbocycles. The number of aliphatic carboxylic acids is 1.